The van der Waals surface area contributed by atoms with Gasteiger partial charge in [0.1, 0.15) is 10.6 Å². The van der Waals surface area contributed by atoms with Gasteiger partial charge in [-0.25, -0.2) is 23.4 Å². The van der Waals surface area contributed by atoms with Crippen molar-refractivity contribution in [3.05, 3.63) is 82.6 Å². The first kappa shape index (κ1) is 29.8. The number of aryl methyl sites for hydroxylation is 2. The number of carboxylic acids is 1. The molecule has 0 amide bonds. The van der Waals surface area contributed by atoms with Crippen LogP contribution >= 0.6 is 11.3 Å². The number of aliphatic hydroxyl groups is 1. The van der Waals surface area contributed by atoms with E-state index in [2.05, 4.69) is 20.3 Å². The lowest BCUT2D eigenvalue weighted by molar-refractivity contribution is -0.158. The summed E-state index contributed by atoms with van der Waals surface area (Å²) in [5, 5.41) is 26.0. The second-order valence-electron chi connectivity index (χ2n) is 11.2. The summed E-state index contributed by atoms with van der Waals surface area (Å²) in [6.45, 7) is 5.85. The molecule has 42 heavy (non-hydrogen) atoms. The van der Waals surface area contributed by atoms with E-state index in [0.29, 0.717) is 30.0 Å². The average Bonchev–Trinajstić information content (AvgIpc) is 3.44. The number of aromatic nitrogens is 3. The minimum absolute atomic E-state index is 0.0697. The smallest absolute Gasteiger partial charge is 0.310 e. The largest absolute Gasteiger partial charge is 0.481 e. The van der Waals surface area contributed by atoms with Crippen molar-refractivity contribution >= 4 is 38.8 Å². The minimum atomic E-state index is -3.48. The molecule has 9 nitrogen and oxygen atoms in total. The first-order chi connectivity index (χ1) is 19.8. The zero-order valence-corrected chi connectivity index (χ0v) is 25.6. The molecule has 0 radical (unpaired) electrons. The Balaban J connectivity index is 1.46. The quantitative estimate of drug-likeness (QED) is 0.206. The molecule has 2 aromatic carbocycles. The van der Waals surface area contributed by atoms with Crippen molar-refractivity contribution in [1.29, 1.82) is 0 Å². The third-order valence-corrected chi connectivity index (χ3v) is 10.6. The standard InChI is InChI=1S/C31H34N4O5S2/c1-5-30(28(36)37)11-12-31(38,17-24(30)23-9-7-6-8-20(23)3)27-33-18-25(41-27)21-14-19(2)15-22(16-21)34-29-32-13-10-26(35-29)42(4,39)40/h6-10,13-16,18,24,38H,5,11-12,17H2,1-4H3,(H,36,37)(H,32,34,35). The van der Waals surface area contributed by atoms with E-state index in [4.69, 9.17) is 0 Å². The van der Waals surface area contributed by atoms with Gasteiger partial charge >= 0.3 is 5.97 Å². The molecule has 1 fully saturated rings. The van der Waals surface area contributed by atoms with Crippen LogP contribution in [-0.4, -0.2) is 45.8 Å². The summed E-state index contributed by atoms with van der Waals surface area (Å²) in [6.07, 6.45) is 5.60. The fourth-order valence-corrected chi connectivity index (χ4v) is 7.60. The molecule has 0 saturated heterocycles. The summed E-state index contributed by atoms with van der Waals surface area (Å²) in [6, 6.07) is 15.0. The van der Waals surface area contributed by atoms with E-state index in [1.807, 2.05) is 63.2 Å². The molecule has 1 aliphatic carbocycles. The number of rotatable bonds is 8. The molecule has 1 aliphatic rings. The lowest BCUT2D eigenvalue weighted by atomic mass is 9.58. The Labute approximate surface area is 249 Å². The number of sulfone groups is 1. The lowest BCUT2D eigenvalue weighted by Crippen LogP contribution is -2.47. The molecule has 1 saturated carbocycles. The molecule has 0 bridgehead atoms. The summed E-state index contributed by atoms with van der Waals surface area (Å²) in [5.74, 6) is -1.04. The highest BCUT2D eigenvalue weighted by molar-refractivity contribution is 7.90. The summed E-state index contributed by atoms with van der Waals surface area (Å²) in [5.41, 5.74) is 2.22. The number of benzene rings is 2. The second kappa shape index (κ2) is 11.2. The number of hydrogen-bond acceptors (Lipinski definition) is 9. The number of nitrogens with zero attached hydrogens (tertiary/aromatic N) is 3. The third kappa shape index (κ3) is 5.68. The van der Waals surface area contributed by atoms with Crippen LogP contribution in [0.2, 0.25) is 0 Å². The predicted molar refractivity (Wildman–Crippen MR) is 163 cm³/mol. The van der Waals surface area contributed by atoms with Crippen LogP contribution in [0, 0.1) is 19.3 Å². The van der Waals surface area contributed by atoms with Crippen molar-refractivity contribution < 1.29 is 23.4 Å². The Hall–Kier alpha value is -3.67. The number of carbonyl (C=O) groups is 1. The van der Waals surface area contributed by atoms with Crippen LogP contribution in [0.4, 0.5) is 11.6 Å². The van der Waals surface area contributed by atoms with Crippen LogP contribution in [-0.2, 0) is 20.2 Å². The Morgan fingerprint density at radius 1 is 1.12 bits per heavy atom. The monoisotopic (exact) mass is 606 g/mol. The van der Waals surface area contributed by atoms with Crippen LogP contribution < -0.4 is 5.32 Å². The second-order valence-corrected chi connectivity index (χ2v) is 14.2. The van der Waals surface area contributed by atoms with Crippen molar-refractivity contribution in [1.82, 2.24) is 15.0 Å². The van der Waals surface area contributed by atoms with Crippen molar-refractivity contribution in [3.63, 3.8) is 0 Å². The molecule has 220 valence electrons. The van der Waals surface area contributed by atoms with Gasteiger partial charge in [0, 0.05) is 30.3 Å². The van der Waals surface area contributed by atoms with Gasteiger partial charge in [-0.1, -0.05) is 37.3 Å². The molecule has 0 aliphatic heterocycles. The van der Waals surface area contributed by atoms with Gasteiger partial charge in [-0.2, -0.15) is 0 Å². The maximum Gasteiger partial charge on any atom is 0.310 e. The van der Waals surface area contributed by atoms with E-state index in [1.54, 1.807) is 6.20 Å². The molecule has 3 N–H and O–H groups in total. The number of hydrogen-bond donors (Lipinski definition) is 3. The predicted octanol–water partition coefficient (Wildman–Crippen LogP) is 6.00. The number of nitrogens with one attached hydrogen (secondary N) is 1. The van der Waals surface area contributed by atoms with Crippen LogP contribution in [0.5, 0.6) is 0 Å². The van der Waals surface area contributed by atoms with Gasteiger partial charge in [-0.15, -0.1) is 11.3 Å². The molecule has 11 heteroatoms. The van der Waals surface area contributed by atoms with Crippen LogP contribution in [0.3, 0.4) is 0 Å². The fourth-order valence-electron chi connectivity index (χ4n) is 6.01. The summed E-state index contributed by atoms with van der Waals surface area (Å²) in [7, 11) is -3.48. The molecule has 0 spiro atoms. The maximum absolute atomic E-state index is 12.7. The van der Waals surface area contributed by atoms with E-state index >= 15 is 0 Å². The van der Waals surface area contributed by atoms with Gasteiger partial charge in [0.05, 0.1) is 10.3 Å². The van der Waals surface area contributed by atoms with E-state index in [1.165, 1.54) is 23.6 Å². The van der Waals surface area contributed by atoms with Gasteiger partial charge < -0.3 is 15.5 Å². The molecular weight excluding hydrogens is 572 g/mol. The molecule has 2 heterocycles. The SMILES string of the molecule is CCC1(C(=O)O)CCC(O)(c2ncc(-c3cc(C)cc(Nc4nccc(S(C)(=O)=O)n4)c3)s2)CC1c1ccccc1C. The van der Waals surface area contributed by atoms with Gasteiger partial charge in [0.2, 0.25) is 5.95 Å². The normalized spacial score (nSPS) is 22.5. The zero-order valence-electron chi connectivity index (χ0n) is 24.0. The number of aliphatic carboxylic acids is 1. The van der Waals surface area contributed by atoms with E-state index < -0.39 is 26.8 Å². The van der Waals surface area contributed by atoms with Crippen molar-refractivity contribution in [2.45, 2.75) is 63.0 Å². The highest BCUT2D eigenvalue weighted by Gasteiger charge is 2.54. The fraction of sp³-hybridized carbons (Fsp3) is 0.355. The van der Waals surface area contributed by atoms with E-state index in [0.717, 1.165) is 33.4 Å². The maximum atomic E-state index is 12.7. The topological polar surface area (TPSA) is 142 Å². The van der Waals surface area contributed by atoms with Crippen molar-refractivity contribution in [2.24, 2.45) is 5.41 Å². The van der Waals surface area contributed by atoms with Gasteiger partial charge in [-0.3, -0.25) is 4.79 Å². The van der Waals surface area contributed by atoms with Crippen molar-refractivity contribution in [2.75, 3.05) is 11.6 Å². The molecule has 3 atom stereocenters. The minimum Gasteiger partial charge on any atom is -0.481 e. The summed E-state index contributed by atoms with van der Waals surface area (Å²) in [4.78, 5) is 26.4. The third-order valence-electron chi connectivity index (χ3n) is 8.35. The van der Waals surface area contributed by atoms with E-state index in [9.17, 15) is 23.4 Å². The first-order valence-electron chi connectivity index (χ1n) is 13.7. The zero-order chi connectivity index (χ0) is 30.3. The number of thiazole rings is 1. The molecule has 4 aromatic rings. The van der Waals surface area contributed by atoms with Crippen LogP contribution in [0.1, 0.15) is 60.2 Å². The number of carboxylic acid groups (broad SMARTS) is 1. The highest BCUT2D eigenvalue weighted by atomic mass is 32.2. The van der Waals surface area contributed by atoms with Gasteiger partial charge in [0.25, 0.3) is 0 Å². The summed E-state index contributed by atoms with van der Waals surface area (Å²) < 4.78 is 23.8. The van der Waals surface area contributed by atoms with Crippen molar-refractivity contribution in [3.8, 4) is 10.4 Å². The van der Waals surface area contributed by atoms with Crippen LogP contribution in [0.15, 0.2) is 66.0 Å². The summed E-state index contributed by atoms with van der Waals surface area (Å²) >= 11 is 1.39. The first-order valence-corrected chi connectivity index (χ1v) is 16.5. The Kier molecular flexibility index (Phi) is 7.95. The number of anilines is 2. The average molecular weight is 607 g/mol. The Bertz CT molecular complexity index is 1760. The van der Waals surface area contributed by atoms with Gasteiger partial charge in [0.15, 0.2) is 14.9 Å². The Morgan fingerprint density at radius 2 is 1.88 bits per heavy atom. The highest BCUT2D eigenvalue weighted by Crippen LogP contribution is 2.56. The molecule has 5 rings (SSSR count). The lowest BCUT2D eigenvalue weighted by Gasteiger charge is -2.47. The molecular formula is C31H34N4O5S2. The Morgan fingerprint density at radius 3 is 2.57 bits per heavy atom. The van der Waals surface area contributed by atoms with Crippen LogP contribution in [0.25, 0.3) is 10.4 Å². The molecule has 3 unspecified atom stereocenters. The van der Waals surface area contributed by atoms with E-state index in [-0.39, 0.29) is 23.3 Å². The van der Waals surface area contributed by atoms with Gasteiger partial charge in [-0.05, 0) is 80.0 Å². The molecule has 2 aromatic heterocycles.